The van der Waals surface area contributed by atoms with Crippen molar-refractivity contribution >= 4 is 17.5 Å². The van der Waals surface area contributed by atoms with Crippen LogP contribution in [-0.2, 0) is 4.79 Å². The molecule has 0 aliphatic rings. The minimum Gasteiger partial charge on any atom is -0.346 e. The van der Waals surface area contributed by atoms with Crippen molar-refractivity contribution in [1.29, 1.82) is 0 Å². The predicted molar refractivity (Wildman–Crippen MR) is 71.0 cm³/mol. The minimum atomic E-state index is 0.293. The smallest absolute Gasteiger partial charge is 0.222 e. The van der Waals surface area contributed by atoms with Gasteiger partial charge in [-0.05, 0) is 19.3 Å². The number of rotatable bonds is 10. The average Bonchev–Trinajstić information content (AvgIpc) is 2.29. The monoisotopic (exact) mass is 247 g/mol. The van der Waals surface area contributed by atoms with Crippen LogP contribution in [-0.4, -0.2) is 30.3 Å². The molecule has 0 heterocycles. The largest absolute Gasteiger partial charge is 0.346 e. The van der Waals surface area contributed by atoms with Crippen molar-refractivity contribution in [2.45, 2.75) is 58.3 Å². The van der Waals surface area contributed by atoms with Crippen LogP contribution in [0, 0.1) is 0 Å². The van der Waals surface area contributed by atoms with Gasteiger partial charge < -0.3 is 4.90 Å². The second-order valence-corrected chi connectivity index (χ2v) is 4.75. The van der Waals surface area contributed by atoms with Crippen LogP contribution < -0.4 is 0 Å². The zero-order chi connectivity index (χ0) is 12.2. The summed E-state index contributed by atoms with van der Waals surface area (Å²) in [7, 11) is 1.91. The summed E-state index contributed by atoms with van der Waals surface area (Å²) < 4.78 is 0. The molecule has 0 aromatic rings. The van der Waals surface area contributed by atoms with E-state index in [2.05, 4.69) is 6.92 Å². The lowest BCUT2D eigenvalue weighted by Crippen LogP contribution is -2.27. The van der Waals surface area contributed by atoms with E-state index in [0.29, 0.717) is 12.3 Å². The minimum absolute atomic E-state index is 0.293. The van der Waals surface area contributed by atoms with Crippen LogP contribution in [0.1, 0.15) is 58.3 Å². The molecule has 0 aliphatic carbocycles. The van der Waals surface area contributed by atoms with Crippen molar-refractivity contribution in [1.82, 2.24) is 4.90 Å². The highest BCUT2D eigenvalue weighted by molar-refractivity contribution is 6.17. The summed E-state index contributed by atoms with van der Waals surface area (Å²) in [5, 5.41) is 0. The molecule has 0 fully saturated rings. The first-order valence-corrected chi connectivity index (χ1v) is 7.05. The Bertz CT molecular complexity index is 173. The molecule has 0 aromatic heterocycles. The zero-order valence-corrected chi connectivity index (χ0v) is 11.6. The molecule has 0 saturated heterocycles. The van der Waals surface area contributed by atoms with E-state index in [1.165, 1.54) is 19.3 Å². The molecular formula is C13H26ClNO. The fraction of sp³-hybridized carbons (Fsp3) is 0.923. The fourth-order valence-corrected chi connectivity index (χ4v) is 1.83. The lowest BCUT2D eigenvalue weighted by molar-refractivity contribution is -0.130. The van der Waals surface area contributed by atoms with Gasteiger partial charge in [0.25, 0.3) is 0 Å². The number of amides is 1. The molecule has 1 amide bonds. The van der Waals surface area contributed by atoms with Crippen LogP contribution in [0.3, 0.4) is 0 Å². The average molecular weight is 248 g/mol. The first kappa shape index (κ1) is 15.8. The first-order chi connectivity index (χ1) is 7.72. The molecule has 0 spiro atoms. The van der Waals surface area contributed by atoms with E-state index in [9.17, 15) is 4.79 Å². The molecule has 0 unspecified atom stereocenters. The molecule has 0 bridgehead atoms. The van der Waals surface area contributed by atoms with Gasteiger partial charge in [-0.2, -0.15) is 0 Å². The van der Waals surface area contributed by atoms with E-state index >= 15 is 0 Å². The van der Waals surface area contributed by atoms with Gasteiger partial charge in [0.1, 0.15) is 0 Å². The van der Waals surface area contributed by atoms with Gasteiger partial charge in [0, 0.05) is 25.9 Å². The van der Waals surface area contributed by atoms with Crippen molar-refractivity contribution in [3.8, 4) is 0 Å². The molecule has 0 atom stereocenters. The van der Waals surface area contributed by atoms with Gasteiger partial charge in [-0.3, -0.25) is 4.79 Å². The molecule has 16 heavy (non-hydrogen) atoms. The highest BCUT2D eigenvalue weighted by Crippen LogP contribution is 2.05. The summed E-state index contributed by atoms with van der Waals surface area (Å²) >= 11 is 5.60. The third kappa shape index (κ3) is 9.02. The molecule has 2 nitrogen and oxygen atoms in total. The number of hydrogen-bond acceptors (Lipinski definition) is 1. The Morgan fingerprint density at radius 1 is 1.06 bits per heavy atom. The van der Waals surface area contributed by atoms with Crippen molar-refractivity contribution in [3.05, 3.63) is 0 Å². The van der Waals surface area contributed by atoms with Gasteiger partial charge in [-0.1, -0.05) is 32.6 Å². The Morgan fingerprint density at radius 2 is 1.75 bits per heavy atom. The molecule has 0 rings (SSSR count). The highest BCUT2D eigenvalue weighted by atomic mass is 35.5. The summed E-state index contributed by atoms with van der Waals surface area (Å²) in [5.74, 6) is 1.02. The predicted octanol–water partition coefficient (Wildman–Crippen LogP) is 3.82. The number of unbranched alkanes of at least 4 members (excludes halogenated alkanes) is 5. The van der Waals surface area contributed by atoms with Crippen molar-refractivity contribution in [2.75, 3.05) is 19.5 Å². The summed E-state index contributed by atoms with van der Waals surface area (Å²) in [6.45, 7) is 3.06. The highest BCUT2D eigenvalue weighted by Gasteiger charge is 2.07. The molecule has 0 N–H and O–H groups in total. The van der Waals surface area contributed by atoms with Crippen LogP contribution in [0.2, 0.25) is 0 Å². The molecule has 3 heteroatoms. The number of carbonyl (C=O) groups is 1. The summed E-state index contributed by atoms with van der Waals surface area (Å²) in [5.41, 5.74) is 0. The quantitative estimate of drug-likeness (QED) is 0.425. The lowest BCUT2D eigenvalue weighted by atomic mass is 10.1. The number of hydrogen-bond donors (Lipinski definition) is 0. The van der Waals surface area contributed by atoms with Crippen LogP contribution in [0.15, 0.2) is 0 Å². The van der Waals surface area contributed by atoms with Crippen molar-refractivity contribution < 1.29 is 4.79 Å². The second kappa shape index (κ2) is 11.3. The Kier molecular flexibility index (Phi) is 11.1. The van der Waals surface area contributed by atoms with Crippen LogP contribution >= 0.6 is 11.6 Å². The number of halogens is 1. The standard InChI is InChI=1S/C13H26ClNO/c1-3-4-5-7-10-13(16)15(2)12-9-6-8-11-14/h3-12H2,1-2H3. The van der Waals surface area contributed by atoms with E-state index < -0.39 is 0 Å². The topological polar surface area (TPSA) is 20.3 Å². The Morgan fingerprint density at radius 3 is 2.38 bits per heavy atom. The molecule has 0 aromatic carbocycles. The van der Waals surface area contributed by atoms with Crippen LogP contribution in [0.5, 0.6) is 0 Å². The van der Waals surface area contributed by atoms with E-state index in [0.717, 1.165) is 38.1 Å². The van der Waals surface area contributed by atoms with Gasteiger partial charge in [0.2, 0.25) is 5.91 Å². The van der Waals surface area contributed by atoms with E-state index in [1.807, 2.05) is 11.9 Å². The Labute approximate surface area is 105 Å². The van der Waals surface area contributed by atoms with Crippen molar-refractivity contribution in [3.63, 3.8) is 0 Å². The van der Waals surface area contributed by atoms with Crippen LogP contribution in [0.25, 0.3) is 0 Å². The fourth-order valence-electron chi connectivity index (χ4n) is 1.64. The molecule has 0 aliphatic heterocycles. The molecule has 0 radical (unpaired) electrons. The maximum Gasteiger partial charge on any atom is 0.222 e. The number of carbonyl (C=O) groups excluding carboxylic acids is 1. The van der Waals surface area contributed by atoms with Crippen molar-refractivity contribution in [2.24, 2.45) is 0 Å². The van der Waals surface area contributed by atoms with Gasteiger partial charge in [-0.15, -0.1) is 11.6 Å². The molecule has 96 valence electrons. The van der Waals surface area contributed by atoms with Gasteiger partial charge in [0.05, 0.1) is 0 Å². The summed E-state index contributed by atoms with van der Waals surface area (Å²) in [6.07, 6.45) is 8.66. The third-order valence-corrected chi connectivity index (χ3v) is 3.06. The lowest BCUT2D eigenvalue weighted by Gasteiger charge is -2.16. The first-order valence-electron chi connectivity index (χ1n) is 6.52. The maximum atomic E-state index is 11.7. The molecule has 0 saturated carbocycles. The van der Waals surface area contributed by atoms with Crippen LogP contribution in [0.4, 0.5) is 0 Å². The summed E-state index contributed by atoms with van der Waals surface area (Å²) in [6, 6.07) is 0. The van der Waals surface area contributed by atoms with E-state index in [-0.39, 0.29) is 0 Å². The zero-order valence-electron chi connectivity index (χ0n) is 10.8. The maximum absolute atomic E-state index is 11.7. The molecular weight excluding hydrogens is 222 g/mol. The second-order valence-electron chi connectivity index (χ2n) is 4.38. The summed E-state index contributed by atoms with van der Waals surface area (Å²) in [4.78, 5) is 13.5. The third-order valence-electron chi connectivity index (χ3n) is 2.80. The SMILES string of the molecule is CCCCCCC(=O)N(C)CCCCCCl. The van der Waals surface area contributed by atoms with E-state index in [4.69, 9.17) is 11.6 Å². The number of alkyl halides is 1. The van der Waals surface area contributed by atoms with Gasteiger partial charge in [-0.25, -0.2) is 0 Å². The van der Waals surface area contributed by atoms with Gasteiger partial charge >= 0.3 is 0 Å². The van der Waals surface area contributed by atoms with Gasteiger partial charge in [0.15, 0.2) is 0 Å². The number of nitrogens with zero attached hydrogens (tertiary/aromatic N) is 1. The normalized spacial score (nSPS) is 10.4. The Hall–Kier alpha value is -0.240. The van der Waals surface area contributed by atoms with E-state index in [1.54, 1.807) is 0 Å². The Balaban J connectivity index is 3.42.